The van der Waals surface area contributed by atoms with Gasteiger partial charge in [-0.3, -0.25) is 4.79 Å². The van der Waals surface area contributed by atoms with Gasteiger partial charge < -0.3 is 10.2 Å². The zero-order valence-electron chi connectivity index (χ0n) is 15.4. The lowest BCUT2D eigenvalue weighted by Crippen LogP contribution is -2.52. The number of carbonyl (C=O) groups is 1. The quantitative estimate of drug-likeness (QED) is 0.591. The zero-order valence-corrected chi connectivity index (χ0v) is 15.4. The molecule has 8 nitrogen and oxygen atoms in total. The van der Waals surface area contributed by atoms with Gasteiger partial charge in [-0.2, -0.15) is 0 Å². The number of fused-ring (bicyclic) bond motifs is 2. The minimum atomic E-state index is -0.0924. The second kappa shape index (κ2) is 6.56. The fraction of sp³-hybridized carbons (Fsp3) is 0.250. The number of hydrogen-bond acceptors (Lipinski definition) is 6. The van der Waals surface area contributed by atoms with Gasteiger partial charge in [0.25, 0.3) is 0 Å². The highest BCUT2D eigenvalue weighted by Crippen LogP contribution is 2.29. The van der Waals surface area contributed by atoms with Gasteiger partial charge in [0.1, 0.15) is 6.33 Å². The number of amides is 1. The van der Waals surface area contributed by atoms with Gasteiger partial charge in [0, 0.05) is 30.7 Å². The molecular weight excluding hydrogens is 354 g/mol. The van der Waals surface area contributed by atoms with E-state index < -0.39 is 0 Å². The molecule has 0 bridgehead atoms. The van der Waals surface area contributed by atoms with E-state index in [0.29, 0.717) is 25.2 Å². The van der Waals surface area contributed by atoms with Crippen LogP contribution in [0.3, 0.4) is 0 Å². The SMILES string of the molecule is CCn1nnc2c(N3CC(C(=O)Nc4cccc5ccccc45)C3)ncnc21. The maximum atomic E-state index is 12.7. The molecule has 0 radical (unpaired) electrons. The average Bonchev–Trinajstić information content (AvgIpc) is 3.11. The van der Waals surface area contributed by atoms with E-state index in [-0.39, 0.29) is 11.8 Å². The van der Waals surface area contributed by atoms with Crippen molar-refractivity contribution in [1.82, 2.24) is 25.0 Å². The Kier molecular flexibility index (Phi) is 3.89. The van der Waals surface area contributed by atoms with Gasteiger partial charge in [0.2, 0.25) is 5.91 Å². The fourth-order valence-electron chi connectivity index (χ4n) is 3.61. The minimum Gasteiger partial charge on any atom is -0.353 e. The lowest BCUT2D eigenvalue weighted by atomic mass is 9.98. The second-order valence-corrected chi connectivity index (χ2v) is 6.89. The maximum Gasteiger partial charge on any atom is 0.231 e. The van der Waals surface area contributed by atoms with Crippen molar-refractivity contribution in [3.8, 4) is 0 Å². The number of carbonyl (C=O) groups excluding carboxylic acids is 1. The topological polar surface area (TPSA) is 88.8 Å². The Morgan fingerprint density at radius 1 is 1.14 bits per heavy atom. The van der Waals surface area contributed by atoms with Crippen LogP contribution in [0.2, 0.25) is 0 Å². The fourth-order valence-corrected chi connectivity index (χ4v) is 3.61. The third-order valence-corrected chi connectivity index (χ3v) is 5.18. The third kappa shape index (κ3) is 2.65. The number of nitrogens with zero attached hydrogens (tertiary/aromatic N) is 6. The van der Waals surface area contributed by atoms with Crippen LogP contribution in [0, 0.1) is 5.92 Å². The molecule has 0 aliphatic carbocycles. The van der Waals surface area contributed by atoms with E-state index in [2.05, 4.69) is 25.6 Å². The number of benzene rings is 2. The lowest BCUT2D eigenvalue weighted by molar-refractivity contribution is -0.120. The predicted octanol–water partition coefficient (Wildman–Crippen LogP) is 2.47. The summed E-state index contributed by atoms with van der Waals surface area (Å²) in [5.74, 6) is 0.666. The maximum absolute atomic E-state index is 12.7. The first-order valence-corrected chi connectivity index (χ1v) is 9.32. The largest absolute Gasteiger partial charge is 0.353 e. The molecule has 1 amide bonds. The van der Waals surface area contributed by atoms with E-state index >= 15 is 0 Å². The summed E-state index contributed by atoms with van der Waals surface area (Å²) < 4.78 is 1.74. The summed E-state index contributed by atoms with van der Waals surface area (Å²) in [6, 6.07) is 14.0. The van der Waals surface area contributed by atoms with Crippen LogP contribution in [-0.4, -0.2) is 44.0 Å². The van der Waals surface area contributed by atoms with E-state index in [1.807, 2.05) is 54.3 Å². The van der Waals surface area contributed by atoms with Gasteiger partial charge in [-0.1, -0.05) is 41.6 Å². The molecule has 0 atom stereocenters. The number of nitrogens with one attached hydrogen (secondary N) is 1. The molecule has 2 aromatic carbocycles. The Hall–Kier alpha value is -3.55. The molecule has 8 heteroatoms. The van der Waals surface area contributed by atoms with Crippen LogP contribution >= 0.6 is 0 Å². The smallest absolute Gasteiger partial charge is 0.231 e. The van der Waals surface area contributed by atoms with Crippen molar-refractivity contribution in [3.05, 3.63) is 48.8 Å². The molecule has 140 valence electrons. The first kappa shape index (κ1) is 16.6. The van der Waals surface area contributed by atoms with E-state index in [4.69, 9.17) is 0 Å². The summed E-state index contributed by atoms with van der Waals surface area (Å²) >= 11 is 0. The monoisotopic (exact) mass is 373 g/mol. The first-order chi connectivity index (χ1) is 13.7. The Balaban J connectivity index is 1.32. The summed E-state index contributed by atoms with van der Waals surface area (Å²) in [5.41, 5.74) is 2.24. The van der Waals surface area contributed by atoms with E-state index in [1.165, 1.54) is 6.33 Å². The second-order valence-electron chi connectivity index (χ2n) is 6.89. The van der Waals surface area contributed by atoms with Crippen LogP contribution < -0.4 is 10.2 Å². The molecule has 1 N–H and O–H groups in total. The summed E-state index contributed by atoms with van der Waals surface area (Å²) in [6.45, 7) is 3.89. The molecule has 4 aromatic rings. The van der Waals surface area contributed by atoms with Gasteiger partial charge in [-0.15, -0.1) is 5.10 Å². The number of rotatable bonds is 4. The van der Waals surface area contributed by atoms with E-state index in [0.717, 1.165) is 27.9 Å². The predicted molar refractivity (Wildman–Crippen MR) is 107 cm³/mol. The molecule has 1 fully saturated rings. The Morgan fingerprint density at radius 2 is 1.96 bits per heavy atom. The van der Waals surface area contributed by atoms with Crippen LogP contribution in [-0.2, 0) is 11.3 Å². The van der Waals surface area contributed by atoms with Crippen molar-refractivity contribution in [3.63, 3.8) is 0 Å². The molecule has 2 aromatic heterocycles. The number of aryl methyl sites for hydroxylation is 1. The van der Waals surface area contributed by atoms with Crippen LogP contribution in [0.25, 0.3) is 21.9 Å². The Bertz CT molecular complexity index is 1170. The van der Waals surface area contributed by atoms with Crippen molar-refractivity contribution >= 4 is 39.3 Å². The standard InChI is InChI=1S/C20H19N7O/c1-2-27-19-17(24-25-27)18(21-12-22-19)26-10-14(11-26)20(28)23-16-9-5-7-13-6-3-4-8-15(13)16/h3-9,12,14H,2,10-11H2,1H3,(H,23,28). The van der Waals surface area contributed by atoms with E-state index in [1.54, 1.807) is 4.68 Å². The highest BCUT2D eigenvalue weighted by atomic mass is 16.2. The molecule has 28 heavy (non-hydrogen) atoms. The van der Waals surface area contributed by atoms with Crippen LogP contribution in [0.15, 0.2) is 48.8 Å². The van der Waals surface area contributed by atoms with Gasteiger partial charge in [0.15, 0.2) is 17.0 Å². The van der Waals surface area contributed by atoms with Crippen molar-refractivity contribution < 1.29 is 4.79 Å². The zero-order chi connectivity index (χ0) is 19.1. The van der Waals surface area contributed by atoms with Crippen molar-refractivity contribution in [2.75, 3.05) is 23.3 Å². The van der Waals surface area contributed by atoms with E-state index in [9.17, 15) is 4.79 Å². The van der Waals surface area contributed by atoms with Crippen LogP contribution in [0.1, 0.15) is 6.92 Å². The minimum absolute atomic E-state index is 0.0233. The van der Waals surface area contributed by atoms with Crippen molar-refractivity contribution in [2.45, 2.75) is 13.5 Å². The molecule has 0 spiro atoms. The van der Waals surface area contributed by atoms with Crippen molar-refractivity contribution in [1.29, 1.82) is 0 Å². The average molecular weight is 373 g/mol. The molecule has 5 rings (SSSR count). The van der Waals surface area contributed by atoms with Gasteiger partial charge in [0.05, 0.1) is 5.92 Å². The molecule has 1 saturated heterocycles. The van der Waals surface area contributed by atoms with Crippen LogP contribution in [0.4, 0.5) is 11.5 Å². The summed E-state index contributed by atoms with van der Waals surface area (Å²) in [4.78, 5) is 23.4. The summed E-state index contributed by atoms with van der Waals surface area (Å²) in [5, 5.41) is 13.6. The number of hydrogen-bond donors (Lipinski definition) is 1. The molecule has 0 saturated carbocycles. The van der Waals surface area contributed by atoms with Crippen molar-refractivity contribution in [2.24, 2.45) is 5.92 Å². The lowest BCUT2D eigenvalue weighted by Gasteiger charge is -2.38. The molecule has 1 aliphatic heterocycles. The molecule has 0 unspecified atom stereocenters. The highest BCUT2D eigenvalue weighted by molar-refractivity contribution is 6.03. The molecular formula is C20H19N7O. The number of anilines is 2. The van der Waals surface area contributed by atoms with Gasteiger partial charge >= 0.3 is 0 Å². The normalized spacial score (nSPS) is 14.4. The summed E-state index contributed by atoms with van der Waals surface area (Å²) in [6.07, 6.45) is 1.52. The van der Waals surface area contributed by atoms with Crippen LogP contribution in [0.5, 0.6) is 0 Å². The molecule has 3 heterocycles. The highest BCUT2D eigenvalue weighted by Gasteiger charge is 2.35. The third-order valence-electron chi connectivity index (χ3n) is 5.18. The van der Waals surface area contributed by atoms with Gasteiger partial charge in [-0.05, 0) is 18.4 Å². The Morgan fingerprint density at radius 3 is 2.82 bits per heavy atom. The summed E-state index contributed by atoms with van der Waals surface area (Å²) in [7, 11) is 0. The Labute approximate surface area is 161 Å². The molecule has 1 aliphatic rings. The van der Waals surface area contributed by atoms with Gasteiger partial charge in [-0.25, -0.2) is 14.6 Å². The first-order valence-electron chi connectivity index (χ1n) is 9.32. The number of aromatic nitrogens is 5.